The third-order valence-corrected chi connectivity index (χ3v) is 2.88. The summed E-state index contributed by atoms with van der Waals surface area (Å²) in [7, 11) is 8.43. The van der Waals surface area contributed by atoms with Gasteiger partial charge in [0, 0.05) is 46.7 Å². The van der Waals surface area contributed by atoms with Crippen molar-refractivity contribution >= 4 is 0 Å². The van der Waals surface area contributed by atoms with Gasteiger partial charge in [0.1, 0.15) is 0 Å². The highest BCUT2D eigenvalue weighted by Crippen LogP contribution is 2.27. The summed E-state index contributed by atoms with van der Waals surface area (Å²) in [5, 5.41) is 0. The van der Waals surface area contributed by atoms with Crippen molar-refractivity contribution in [3.05, 3.63) is 17.2 Å². The van der Waals surface area contributed by atoms with Gasteiger partial charge in [-0.1, -0.05) is 26.5 Å². The first-order valence-electron chi connectivity index (χ1n) is 5.84. The third-order valence-electron chi connectivity index (χ3n) is 2.88. The Hall–Kier alpha value is -1.08. The second-order valence-corrected chi connectivity index (χ2v) is 5.78. The SMILES string of the molecule is CN(C)C(=C=C1N(C)CCN1C)C(C)(C)C. The molecule has 0 aliphatic carbocycles. The van der Waals surface area contributed by atoms with Gasteiger partial charge >= 0.3 is 0 Å². The van der Waals surface area contributed by atoms with E-state index in [9.17, 15) is 0 Å². The normalized spacial score (nSPS) is 16.6. The molecule has 1 saturated heterocycles. The van der Waals surface area contributed by atoms with Crippen LogP contribution in [0.1, 0.15) is 20.8 Å². The highest BCUT2D eigenvalue weighted by atomic mass is 15.4. The highest BCUT2D eigenvalue weighted by Gasteiger charge is 2.22. The van der Waals surface area contributed by atoms with Crippen LogP contribution in [0.2, 0.25) is 0 Å². The van der Waals surface area contributed by atoms with E-state index in [4.69, 9.17) is 0 Å². The van der Waals surface area contributed by atoms with Gasteiger partial charge < -0.3 is 14.7 Å². The average molecular weight is 223 g/mol. The van der Waals surface area contributed by atoms with Gasteiger partial charge in [-0.3, -0.25) is 0 Å². The molecule has 0 aromatic rings. The van der Waals surface area contributed by atoms with Crippen LogP contribution in [-0.2, 0) is 0 Å². The number of hydrogen-bond donors (Lipinski definition) is 0. The van der Waals surface area contributed by atoms with Gasteiger partial charge in [-0.05, 0) is 0 Å². The van der Waals surface area contributed by atoms with Crippen molar-refractivity contribution in [2.75, 3.05) is 41.3 Å². The Morgan fingerprint density at radius 3 is 1.88 bits per heavy atom. The summed E-state index contributed by atoms with van der Waals surface area (Å²) >= 11 is 0. The lowest BCUT2D eigenvalue weighted by Crippen LogP contribution is -2.24. The fraction of sp³-hybridized carbons (Fsp3) is 0.769. The van der Waals surface area contributed by atoms with Crippen LogP contribution in [0.4, 0.5) is 0 Å². The smallest absolute Gasteiger partial charge is 0.150 e. The predicted octanol–water partition coefficient (Wildman–Crippen LogP) is 1.80. The summed E-state index contributed by atoms with van der Waals surface area (Å²) in [6, 6.07) is 0. The zero-order valence-electron chi connectivity index (χ0n) is 11.8. The monoisotopic (exact) mass is 223 g/mol. The van der Waals surface area contributed by atoms with E-state index in [1.54, 1.807) is 0 Å². The van der Waals surface area contributed by atoms with Gasteiger partial charge in [0.2, 0.25) is 0 Å². The number of allylic oxidation sites excluding steroid dienone is 1. The van der Waals surface area contributed by atoms with Crippen LogP contribution in [0.3, 0.4) is 0 Å². The van der Waals surface area contributed by atoms with Crippen LogP contribution >= 0.6 is 0 Å². The van der Waals surface area contributed by atoms with E-state index in [2.05, 4.69) is 69.4 Å². The second-order valence-electron chi connectivity index (χ2n) is 5.78. The summed E-state index contributed by atoms with van der Waals surface area (Å²) in [4.78, 5) is 6.68. The first-order chi connectivity index (χ1) is 7.23. The first-order valence-corrected chi connectivity index (χ1v) is 5.84. The van der Waals surface area contributed by atoms with Crippen molar-refractivity contribution in [2.45, 2.75) is 20.8 Å². The molecular weight excluding hydrogens is 198 g/mol. The number of rotatable bonds is 1. The standard InChI is InChI=1S/C13H25N3/c1-13(2,3)11(14(4)5)10-12-15(6)8-9-16(12)7/h8-9H2,1-7H3. The molecule has 16 heavy (non-hydrogen) atoms. The molecule has 3 nitrogen and oxygen atoms in total. The fourth-order valence-electron chi connectivity index (χ4n) is 2.07. The van der Waals surface area contributed by atoms with E-state index in [0.29, 0.717) is 0 Å². The molecule has 0 amide bonds. The minimum atomic E-state index is 0.126. The molecule has 1 aliphatic rings. The lowest BCUT2D eigenvalue weighted by Gasteiger charge is -2.28. The number of hydrogen-bond acceptors (Lipinski definition) is 3. The molecule has 0 aromatic heterocycles. The molecule has 1 rings (SSSR count). The maximum Gasteiger partial charge on any atom is 0.150 e. The van der Waals surface area contributed by atoms with Crippen molar-refractivity contribution in [1.29, 1.82) is 0 Å². The van der Waals surface area contributed by atoms with Crippen LogP contribution in [-0.4, -0.2) is 56.0 Å². The molecule has 0 bridgehead atoms. The van der Waals surface area contributed by atoms with E-state index in [-0.39, 0.29) is 5.41 Å². The summed E-state index contributed by atoms with van der Waals surface area (Å²) < 4.78 is 0. The Kier molecular flexibility index (Phi) is 3.59. The Morgan fingerprint density at radius 1 is 1.12 bits per heavy atom. The van der Waals surface area contributed by atoms with Crippen molar-refractivity contribution < 1.29 is 0 Å². The van der Waals surface area contributed by atoms with Gasteiger partial charge in [-0.2, -0.15) is 0 Å². The Bertz CT molecular complexity index is 305. The largest absolute Gasteiger partial charge is 0.374 e. The number of likely N-dealkylation sites (N-methyl/N-ethyl adjacent to an activating group) is 2. The lowest BCUT2D eigenvalue weighted by molar-refractivity contribution is 0.348. The van der Waals surface area contributed by atoms with Gasteiger partial charge in [-0.25, -0.2) is 0 Å². The molecule has 0 aromatic carbocycles. The Balaban J connectivity index is 3.24. The van der Waals surface area contributed by atoms with Gasteiger partial charge in [0.25, 0.3) is 0 Å². The van der Waals surface area contributed by atoms with Gasteiger partial charge in [0.05, 0.1) is 5.70 Å². The van der Waals surface area contributed by atoms with E-state index >= 15 is 0 Å². The van der Waals surface area contributed by atoms with E-state index in [0.717, 1.165) is 13.1 Å². The minimum Gasteiger partial charge on any atom is -0.374 e. The minimum absolute atomic E-state index is 0.126. The molecule has 0 N–H and O–H groups in total. The molecule has 1 fully saturated rings. The average Bonchev–Trinajstić information content (AvgIpc) is 2.40. The summed E-state index contributed by atoms with van der Waals surface area (Å²) in [6.45, 7) is 8.86. The van der Waals surface area contributed by atoms with Crippen LogP contribution in [0.25, 0.3) is 0 Å². The molecule has 3 heteroatoms. The highest BCUT2D eigenvalue weighted by molar-refractivity contribution is 5.14. The topological polar surface area (TPSA) is 9.72 Å². The van der Waals surface area contributed by atoms with Gasteiger partial charge in [0.15, 0.2) is 5.82 Å². The Morgan fingerprint density at radius 2 is 1.56 bits per heavy atom. The zero-order valence-corrected chi connectivity index (χ0v) is 11.8. The number of nitrogens with zero attached hydrogens (tertiary/aromatic N) is 3. The quantitative estimate of drug-likeness (QED) is 0.628. The van der Waals surface area contributed by atoms with Crippen molar-refractivity contribution in [3.63, 3.8) is 0 Å². The fourth-order valence-corrected chi connectivity index (χ4v) is 2.07. The molecule has 0 atom stereocenters. The summed E-state index contributed by atoms with van der Waals surface area (Å²) in [5.74, 6) is 1.19. The summed E-state index contributed by atoms with van der Waals surface area (Å²) in [6.07, 6.45) is 0. The van der Waals surface area contributed by atoms with E-state index in [1.807, 2.05) is 0 Å². The van der Waals surface area contributed by atoms with Crippen molar-refractivity contribution in [2.24, 2.45) is 5.41 Å². The Labute approximate surface area is 100 Å². The van der Waals surface area contributed by atoms with E-state index < -0.39 is 0 Å². The molecule has 0 spiro atoms. The molecular formula is C13H25N3. The van der Waals surface area contributed by atoms with Crippen LogP contribution in [0.5, 0.6) is 0 Å². The molecule has 0 unspecified atom stereocenters. The third kappa shape index (κ3) is 2.73. The predicted molar refractivity (Wildman–Crippen MR) is 68.9 cm³/mol. The molecule has 92 valence electrons. The summed E-state index contributed by atoms with van der Waals surface area (Å²) in [5.41, 5.74) is 4.93. The zero-order chi connectivity index (χ0) is 12.5. The molecule has 1 heterocycles. The molecule has 1 aliphatic heterocycles. The molecule has 0 radical (unpaired) electrons. The van der Waals surface area contributed by atoms with Crippen molar-refractivity contribution in [3.8, 4) is 0 Å². The lowest BCUT2D eigenvalue weighted by atomic mass is 9.91. The van der Waals surface area contributed by atoms with Crippen molar-refractivity contribution in [1.82, 2.24) is 14.7 Å². The first kappa shape index (κ1) is 13.0. The maximum absolute atomic E-state index is 3.57. The van der Waals surface area contributed by atoms with Gasteiger partial charge in [-0.15, -0.1) is 0 Å². The second kappa shape index (κ2) is 4.42. The van der Waals surface area contributed by atoms with Crippen LogP contribution in [0, 0.1) is 5.41 Å². The van der Waals surface area contributed by atoms with E-state index in [1.165, 1.54) is 11.5 Å². The van der Waals surface area contributed by atoms with Crippen LogP contribution in [0.15, 0.2) is 17.2 Å². The maximum atomic E-state index is 3.57. The van der Waals surface area contributed by atoms with Crippen LogP contribution < -0.4 is 0 Å². The molecule has 0 saturated carbocycles.